The monoisotopic (exact) mass is 817 g/mol. The third kappa shape index (κ3) is 5.69. The highest BCUT2D eigenvalue weighted by molar-refractivity contribution is 7.26. The minimum absolute atomic E-state index is 0.633. The number of aromatic nitrogens is 3. The Morgan fingerprint density at radius 1 is 0.254 bits per heavy atom. The molecule has 0 unspecified atom stereocenters. The van der Waals surface area contributed by atoms with Gasteiger partial charge in [0.05, 0.1) is 0 Å². The van der Waals surface area contributed by atoms with E-state index in [2.05, 4.69) is 212 Å². The van der Waals surface area contributed by atoms with E-state index in [1.54, 1.807) is 11.3 Å². The summed E-state index contributed by atoms with van der Waals surface area (Å²) in [6.07, 6.45) is 0. The molecule has 292 valence electrons. The van der Waals surface area contributed by atoms with Crippen molar-refractivity contribution in [1.29, 1.82) is 0 Å². The third-order valence-corrected chi connectivity index (χ3v) is 13.9. The minimum atomic E-state index is 0.633. The van der Waals surface area contributed by atoms with Gasteiger partial charge in [-0.1, -0.05) is 194 Å². The molecule has 2 heterocycles. The Bertz CT molecular complexity index is 3990. The van der Waals surface area contributed by atoms with Crippen molar-refractivity contribution in [2.75, 3.05) is 0 Å². The first kappa shape index (κ1) is 35.7. The van der Waals surface area contributed by atoms with Crippen LogP contribution in [0.4, 0.5) is 0 Å². The number of hydrogen-bond donors (Lipinski definition) is 0. The number of thiophene rings is 1. The van der Waals surface area contributed by atoms with Crippen LogP contribution in [-0.4, -0.2) is 15.0 Å². The van der Waals surface area contributed by atoms with Gasteiger partial charge >= 0.3 is 0 Å². The Morgan fingerprint density at radius 3 is 1.41 bits per heavy atom. The lowest BCUT2D eigenvalue weighted by molar-refractivity contribution is 1.08. The number of nitrogens with zero attached hydrogens (tertiary/aromatic N) is 3. The van der Waals surface area contributed by atoms with E-state index in [-0.39, 0.29) is 0 Å². The second-order valence-corrected chi connectivity index (χ2v) is 17.3. The van der Waals surface area contributed by atoms with Crippen LogP contribution in [0.25, 0.3) is 130 Å². The molecule has 0 spiro atoms. The van der Waals surface area contributed by atoms with Gasteiger partial charge in [-0.05, 0) is 94.3 Å². The lowest BCUT2D eigenvalue weighted by Gasteiger charge is -2.19. The molecule has 13 rings (SSSR count). The zero-order chi connectivity index (χ0) is 41.4. The Labute approximate surface area is 367 Å². The van der Waals surface area contributed by atoms with Gasteiger partial charge < -0.3 is 0 Å². The molecule has 11 aromatic carbocycles. The van der Waals surface area contributed by atoms with E-state index in [0.29, 0.717) is 17.5 Å². The Morgan fingerprint density at radius 2 is 0.714 bits per heavy atom. The predicted molar refractivity (Wildman–Crippen MR) is 267 cm³/mol. The fourth-order valence-corrected chi connectivity index (χ4v) is 11.1. The van der Waals surface area contributed by atoms with E-state index in [4.69, 9.17) is 15.0 Å². The summed E-state index contributed by atoms with van der Waals surface area (Å²) in [4.78, 5) is 16.9. The molecule has 0 N–H and O–H groups in total. The zero-order valence-electron chi connectivity index (χ0n) is 34.0. The average Bonchev–Trinajstić information content (AvgIpc) is 3.74. The Kier molecular flexibility index (Phi) is 8.08. The van der Waals surface area contributed by atoms with Crippen LogP contribution < -0.4 is 0 Å². The third-order valence-electron chi connectivity index (χ3n) is 12.7. The molecule has 0 aliphatic carbocycles. The van der Waals surface area contributed by atoms with Crippen LogP contribution in [0.5, 0.6) is 0 Å². The summed E-state index contributed by atoms with van der Waals surface area (Å²) in [6, 6.07) is 76.4. The standard InChI is InChI=1S/C59H35N3S/c1-5-20-40-36(15-1)19-13-27-45(40)48-33-31-37-16-2-7-22-42(37)54(48)58-60-57(51-29-14-28-50-47-26-11-12-30-53(47)63-56(50)51)61-59(62-58)55-43-23-8-3-17-38(43)32-34-49(55)52-35-39-18-4-6-21-41(39)44-24-9-10-25-46(44)52/h1-35H. The van der Waals surface area contributed by atoms with Gasteiger partial charge in [0.1, 0.15) is 0 Å². The number of fused-ring (bicyclic) bond motifs is 9. The summed E-state index contributed by atoms with van der Waals surface area (Å²) in [5.41, 5.74) is 7.38. The average molecular weight is 818 g/mol. The molecule has 0 aliphatic heterocycles. The van der Waals surface area contributed by atoms with E-state index in [0.717, 1.165) is 65.2 Å². The van der Waals surface area contributed by atoms with Crippen molar-refractivity contribution in [3.8, 4) is 56.4 Å². The van der Waals surface area contributed by atoms with Gasteiger partial charge in [-0.25, -0.2) is 15.0 Å². The van der Waals surface area contributed by atoms with Gasteiger partial charge in [-0.3, -0.25) is 0 Å². The second-order valence-electron chi connectivity index (χ2n) is 16.2. The van der Waals surface area contributed by atoms with E-state index < -0.39 is 0 Å². The maximum atomic E-state index is 5.70. The summed E-state index contributed by atoms with van der Waals surface area (Å²) >= 11 is 1.80. The first-order valence-corrected chi connectivity index (χ1v) is 22.2. The largest absolute Gasteiger partial charge is 0.208 e. The van der Waals surface area contributed by atoms with E-state index >= 15 is 0 Å². The molecular formula is C59H35N3S. The fraction of sp³-hybridized carbons (Fsp3) is 0. The first-order chi connectivity index (χ1) is 31.2. The van der Waals surface area contributed by atoms with Crippen LogP contribution in [0.3, 0.4) is 0 Å². The highest BCUT2D eigenvalue weighted by Gasteiger charge is 2.24. The molecule has 4 heteroatoms. The summed E-state index contributed by atoms with van der Waals surface area (Å²) in [5, 5.41) is 14.0. The van der Waals surface area contributed by atoms with Gasteiger partial charge in [-0.15, -0.1) is 11.3 Å². The van der Waals surface area contributed by atoms with Crippen LogP contribution in [0.15, 0.2) is 212 Å². The van der Waals surface area contributed by atoms with Gasteiger partial charge in [-0.2, -0.15) is 0 Å². The molecule has 0 amide bonds. The summed E-state index contributed by atoms with van der Waals surface area (Å²) in [5.74, 6) is 1.91. The maximum absolute atomic E-state index is 5.70. The predicted octanol–water partition coefficient (Wildman–Crippen LogP) is 16.3. The molecule has 13 aromatic rings. The van der Waals surface area contributed by atoms with E-state index in [1.807, 2.05) is 0 Å². The van der Waals surface area contributed by atoms with Crippen LogP contribution >= 0.6 is 11.3 Å². The zero-order valence-corrected chi connectivity index (χ0v) is 34.8. The summed E-state index contributed by atoms with van der Waals surface area (Å²) < 4.78 is 2.40. The van der Waals surface area contributed by atoms with E-state index in [1.165, 1.54) is 47.8 Å². The topological polar surface area (TPSA) is 38.7 Å². The number of rotatable bonds is 5. The van der Waals surface area contributed by atoms with Gasteiger partial charge in [0.2, 0.25) is 0 Å². The molecule has 0 atom stereocenters. The Balaban J connectivity index is 1.18. The fourth-order valence-electron chi connectivity index (χ4n) is 9.85. The summed E-state index contributed by atoms with van der Waals surface area (Å²) in [6.45, 7) is 0. The van der Waals surface area contributed by atoms with Crippen molar-refractivity contribution >= 4 is 85.4 Å². The van der Waals surface area contributed by atoms with Crippen molar-refractivity contribution in [1.82, 2.24) is 15.0 Å². The highest BCUT2D eigenvalue weighted by atomic mass is 32.1. The molecule has 3 nitrogen and oxygen atoms in total. The van der Waals surface area contributed by atoms with Gasteiger partial charge in [0.25, 0.3) is 0 Å². The van der Waals surface area contributed by atoms with Crippen LogP contribution in [-0.2, 0) is 0 Å². The molecule has 0 aliphatic rings. The molecule has 0 saturated heterocycles. The van der Waals surface area contributed by atoms with Crippen LogP contribution in [0.2, 0.25) is 0 Å². The maximum Gasteiger partial charge on any atom is 0.165 e. The van der Waals surface area contributed by atoms with Crippen LogP contribution in [0, 0.1) is 0 Å². The van der Waals surface area contributed by atoms with Crippen molar-refractivity contribution in [3.05, 3.63) is 212 Å². The van der Waals surface area contributed by atoms with Gasteiger partial charge in [0.15, 0.2) is 17.5 Å². The minimum Gasteiger partial charge on any atom is -0.208 e. The molecular weight excluding hydrogens is 783 g/mol. The molecule has 63 heavy (non-hydrogen) atoms. The normalized spacial score (nSPS) is 11.8. The molecule has 2 aromatic heterocycles. The van der Waals surface area contributed by atoms with Crippen molar-refractivity contribution in [3.63, 3.8) is 0 Å². The molecule has 0 bridgehead atoms. The van der Waals surface area contributed by atoms with Crippen molar-refractivity contribution in [2.45, 2.75) is 0 Å². The SMILES string of the molecule is c1ccc2c(-c3ccc4ccccc4c3-c3nc(-c4c(-c5cc6ccccc6c6ccccc56)ccc5ccccc45)nc(-c4cccc5c4sc4ccccc45)n3)cccc2c1. The van der Waals surface area contributed by atoms with Crippen LogP contribution in [0.1, 0.15) is 0 Å². The number of benzene rings is 11. The lowest BCUT2D eigenvalue weighted by atomic mass is 9.88. The smallest absolute Gasteiger partial charge is 0.165 e. The summed E-state index contributed by atoms with van der Waals surface area (Å²) in [7, 11) is 0. The van der Waals surface area contributed by atoms with Crippen molar-refractivity contribution in [2.24, 2.45) is 0 Å². The molecule has 0 saturated carbocycles. The quantitative estimate of drug-likeness (QED) is 0.162. The first-order valence-electron chi connectivity index (χ1n) is 21.4. The second kappa shape index (κ2) is 14.3. The molecule has 0 radical (unpaired) electrons. The van der Waals surface area contributed by atoms with E-state index in [9.17, 15) is 0 Å². The lowest BCUT2D eigenvalue weighted by Crippen LogP contribution is -2.03. The van der Waals surface area contributed by atoms with Gasteiger partial charge in [0, 0.05) is 36.9 Å². The highest BCUT2D eigenvalue weighted by Crippen LogP contribution is 2.46. The van der Waals surface area contributed by atoms with Crippen molar-refractivity contribution < 1.29 is 0 Å². The number of hydrogen-bond acceptors (Lipinski definition) is 4. The molecule has 0 fully saturated rings. The Hall–Kier alpha value is -8.05.